The average Bonchev–Trinajstić information content (AvgIpc) is 2.83. The fourth-order valence-electron chi connectivity index (χ4n) is 2.40. The summed E-state index contributed by atoms with van der Waals surface area (Å²) in [5.74, 6) is 1.40. The van der Waals surface area contributed by atoms with Crippen LogP contribution in [0, 0.1) is 12.8 Å². The molecule has 0 aromatic carbocycles. The fourth-order valence-corrected chi connectivity index (χ4v) is 2.40. The molecule has 1 atom stereocenters. The first-order chi connectivity index (χ1) is 10.3. The van der Waals surface area contributed by atoms with Gasteiger partial charge in [0.2, 0.25) is 0 Å². The lowest BCUT2D eigenvalue weighted by Crippen LogP contribution is -2.43. The molecule has 1 aromatic rings. The Kier molecular flexibility index (Phi) is 5.39. The van der Waals surface area contributed by atoms with Crippen molar-refractivity contribution < 1.29 is 18.8 Å². The van der Waals surface area contributed by atoms with E-state index in [4.69, 9.17) is 14.0 Å². The van der Waals surface area contributed by atoms with Gasteiger partial charge in [-0.15, -0.1) is 0 Å². The van der Waals surface area contributed by atoms with E-state index >= 15 is 0 Å². The summed E-state index contributed by atoms with van der Waals surface area (Å²) in [4.78, 5) is 17.9. The van der Waals surface area contributed by atoms with Crippen molar-refractivity contribution in [1.29, 1.82) is 0 Å². The summed E-state index contributed by atoms with van der Waals surface area (Å²) in [6.07, 6.45) is 1.76. The number of carbonyl (C=O) groups is 1. The normalized spacial score (nSPS) is 19.3. The topological polar surface area (TPSA) is 77.7 Å². The highest BCUT2D eigenvalue weighted by Gasteiger charge is 2.27. The second-order valence-electron chi connectivity index (χ2n) is 6.69. The number of rotatable bonds is 4. The van der Waals surface area contributed by atoms with Crippen molar-refractivity contribution in [3.8, 4) is 0 Å². The first kappa shape index (κ1) is 16.7. The first-order valence-electron chi connectivity index (χ1n) is 7.68. The Morgan fingerprint density at radius 3 is 2.86 bits per heavy atom. The van der Waals surface area contributed by atoms with Crippen molar-refractivity contribution in [2.24, 2.45) is 5.92 Å². The minimum Gasteiger partial charge on any atom is -0.444 e. The van der Waals surface area contributed by atoms with Gasteiger partial charge in [0.1, 0.15) is 12.2 Å². The van der Waals surface area contributed by atoms with E-state index in [-0.39, 0.29) is 6.09 Å². The van der Waals surface area contributed by atoms with E-state index in [2.05, 4.69) is 10.1 Å². The van der Waals surface area contributed by atoms with Gasteiger partial charge in [-0.25, -0.2) is 4.79 Å². The lowest BCUT2D eigenvalue weighted by molar-refractivity contribution is 0.00375. The van der Waals surface area contributed by atoms with Crippen molar-refractivity contribution in [2.45, 2.75) is 52.7 Å². The van der Waals surface area contributed by atoms with Gasteiger partial charge in [-0.05, 0) is 40.5 Å². The Balaban J connectivity index is 1.74. The van der Waals surface area contributed by atoms with Gasteiger partial charge in [-0.2, -0.15) is 4.98 Å². The SMILES string of the molecule is Cc1noc(COC[C@H]2CCCN(C(=O)OC(C)(C)C)C2)n1. The highest BCUT2D eigenvalue weighted by molar-refractivity contribution is 5.68. The second kappa shape index (κ2) is 7.09. The zero-order chi connectivity index (χ0) is 16.2. The predicted octanol–water partition coefficient (Wildman–Crippen LogP) is 2.54. The lowest BCUT2D eigenvalue weighted by Gasteiger charge is -2.33. The Morgan fingerprint density at radius 2 is 2.23 bits per heavy atom. The van der Waals surface area contributed by atoms with Gasteiger partial charge in [0.05, 0.1) is 6.61 Å². The third-order valence-corrected chi connectivity index (χ3v) is 3.32. The summed E-state index contributed by atoms with van der Waals surface area (Å²) < 4.78 is 16.0. The van der Waals surface area contributed by atoms with Gasteiger partial charge < -0.3 is 18.9 Å². The van der Waals surface area contributed by atoms with Crippen LogP contribution in [0.1, 0.15) is 45.3 Å². The van der Waals surface area contributed by atoms with Crippen LogP contribution in [0.25, 0.3) is 0 Å². The molecule has 7 nitrogen and oxygen atoms in total. The molecule has 0 bridgehead atoms. The molecule has 0 saturated carbocycles. The van der Waals surface area contributed by atoms with Gasteiger partial charge in [0, 0.05) is 19.0 Å². The van der Waals surface area contributed by atoms with E-state index in [9.17, 15) is 4.79 Å². The van der Waals surface area contributed by atoms with E-state index in [1.54, 1.807) is 11.8 Å². The zero-order valence-corrected chi connectivity index (χ0v) is 13.8. The zero-order valence-electron chi connectivity index (χ0n) is 13.8. The van der Waals surface area contributed by atoms with E-state index < -0.39 is 5.60 Å². The van der Waals surface area contributed by atoms with Crippen molar-refractivity contribution >= 4 is 6.09 Å². The molecular formula is C15H25N3O4. The number of carbonyl (C=O) groups excluding carboxylic acids is 1. The molecule has 1 fully saturated rings. The minimum absolute atomic E-state index is 0.246. The number of likely N-dealkylation sites (tertiary alicyclic amines) is 1. The number of amides is 1. The summed E-state index contributed by atoms with van der Waals surface area (Å²) in [5, 5.41) is 3.72. The van der Waals surface area contributed by atoms with Crippen molar-refractivity contribution in [2.75, 3.05) is 19.7 Å². The molecule has 1 aliphatic heterocycles. The molecule has 2 heterocycles. The van der Waals surface area contributed by atoms with Gasteiger partial charge in [-0.3, -0.25) is 0 Å². The highest BCUT2D eigenvalue weighted by atomic mass is 16.6. The number of piperidine rings is 1. The summed E-state index contributed by atoms with van der Waals surface area (Å²) >= 11 is 0. The quantitative estimate of drug-likeness (QED) is 0.850. The third kappa shape index (κ3) is 5.29. The van der Waals surface area contributed by atoms with Crippen LogP contribution in [0.2, 0.25) is 0 Å². The van der Waals surface area contributed by atoms with Gasteiger partial charge in [0.15, 0.2) is 5.82 Å². The Bertz CT molecular complexity index is 495. The number of nitrogens with zero attached hydrogens (tertiary/aromatic N) is 3. The smallest absolute Gasteiger partial charge is 0.410 e. The Labute approximate surface area is 131 Å². The van der Waals surface area contributed by atoms with Crippen LogP contribution in [0.3, 0.4) is 0 Å². The molecule has 1 aromatic heterocycles. The summed E-state index contributed by atoms with van der Waals surface area (Å²) in [6, 6.07) is 0. The molecule has 0 spiro atoms. The second-order valence-corrected chi connectivity index (χ2v) is 6.69. The maximum Gasteiger partial charge on any atom is 0.410 e. The van der Waals surface area contributed by atoms with Crippen LogP contribution >= 0.6 is 0 Å². The van der Waals surface area contributed by atoms with Crippen molar-refractivity contribution in [1.82, 2.24) is 15.0 Å². The first-order valence-corrected chi connectivity index (χ1v) is 7.68. The maximum atomic E-state index is 12.1. The average molecular weight is 311 g/mol. The molecule has 0 aliphatic carbocycles. The van der Waals surface area contributed by atoms with Crippen LogP contribution in [0.4, 0.5) is 4.79 Å². The Hall–Kier alpha value is -1.63. The van der Waals surface area contributed by atoms with Gasteiger partial charge >= 0.3 is 6.09 Å². The van der Waals surface area contributed by atoms with Crippen LogP contribution < -0.4 is 0 Å². The molecule has 2 rings (SSSR count). The van der Waals surface area contributed by atoms with Crippen LogP contribution in [-0.4, -0.2) is 46.4 Å². The lowest BCUT2D eigenvalue weighted by atomic mass is 9.99. The number of hydrogen-bond donors (Lipinski definition) is 0. The molecule has 22 heavy (non-hydrogen) atoms. The molecule has 0 N–H and O–H groups in total. The van der Waals surface area contributed by atoms with E-state index in [1.807, 2.05) is 20.8 Å². The molecule has 124 valence electrons. The number of aromatic nitrogens is 2. The van der Waals surface area contributed by atoms with Crippen molar-refractivity contribution in [3.05, 3.63) is 11.7 Å². The van der Waals surface area contributed by atoms with Crippen LogP contribution in [0.5, 0.6) is 0 Å². The molecular weight excluding hydrogens is 286 g/mol. The standard InChI is InChI=1S/C15H25N3O4/c1-11-16-13(22-17-11)10-20-9-12-6-5-7-18(8-12)14(19)21-15(2,3)4/h12H,5-10H2,1-4H3/t12-/m0/s1. The molecule has 0 radical (unpaired) electrons. The number of ether oxygens (including phenoxy) is 2. The van der Waals surface area contributed by atoms with Crippen molar-refractivity contribution in [3.63, 3.8) is 0 Å². The molecule has 7 heteroatoms. The summed E-state index contributed by atoms with van der Waals surface area (Å²) in [7, 11) is 0. The Morgan fingerprint density at radius 1 is 1.45 bits per heavy atom. The fraction of sp³-hybridized carbons (Fsp3) is 0.800. The van der Waals surface area contributed by atoms with Crippen LogP contribution in [0.15, 0.2) is 4.52 Å². The highest BCUT2D eigenvalue weighted by Crippen LogP contribution is 2.20. The molecule has 0 unspecified atom stereocenters. The summed E-state index contributed by atoms with van der Waals surface area (Å²) in [5.41, 5.74) is -0.462. The minimum atomic E-state index is -0.462. The largest absolute Gasteiger partial charge is 0.444 e. The summed E-state index contributed by atoms with van der Waals surface area (Å²) in [6.45, 7) is 9.69. The van der Waals surface area contributed by atoms with Gasteiger partial charge in [-0.1, -0.05) is 5.16 Å². The maximum absolute atomic E-state index is 12.1. The van der Waals surface area contributed by atoms with E-state index in [1.165, 1.54) is 0 Å². The third-order valence-electron chi connectivity index (χ3n) is 3.32. The number of hydrogen-bond acceptors (Lipinski definition) is 6. The van der Waals surface area contributed by atoms with Gasteiger partial charge in [0.25, 0.3) is 5.89 Å². The van der Waals surface area contributed by atoms with E-state index in [0.29, 0.717) is 37.4 Å². The molecule has 1 aliphatic rings. The monoisotopic (exact) mass is 311 g/mol. The van der Waals surface area contributed by atoms with E-state index in [0.717, 1.165) is 19.4 Å². The number of aryl methyl sites for hydroxylation is 1. The molecule has 1 saturated heterocycles. The predicted molar refractivity (Wildman–Crippen MR) is 79.2 cm³/mol. The molecule has 1 amide bonds. The van der Waals surface area contributed by atoms with Crippen LogP contribution in [-0.2, 0) is 16.1 Å².